The van der Waals surface area contributed by atoms with E-state index in [0.717, 1.165) is 12.8 Å². The maximum atomic E-state index is 2.32. The van der Waals surface area contributed by atoms with Crippen LogP contribution in [0.15, 0.2) is 133 Å². The van der Waals surface area contributed by atoms with E-state index < -0.39 is 0 Å². The van der Waals surface area contributed by atoms with Gasteiger partial charge in [-0.25, -0.2) is 0 Å². The van der Waals surface area contributed by atoms with Gasteiger partial charge in [-0.2, -0.15) is 0 Å². The van der Waals surface area contributed by atoms with Gasteiger partial charge in [-0.3, -0.25) is 0 Å². The van der Waals surface area contributed by atoms with Gasteiger partial charge in [0.25, 0.3) is 0 Å². The van der Waals surface area contributed by atoms with Crippen molar-refractivity contribution in [1.82, 2.24) is 0 Å². The molecular formula is C40H26. The van der Waals surface area contributed by atoms with E-state index in [4.69, 9.17) is 0 Å². The van der Waals surface area contributed by atoms with E-state index in [2.05, 4.69) is 133 Å². The molecule has 0 atom stereocenters. The molecule has 186 valence electrons. The van der Waals surface area contributed by atoms with Gasteiger partial charge in [0.05, 0.1) is 0 Å². The predicted octanol–water partition coefficient (Wildman–Crippen LogP) is 10.7. The lowest BCUT2D eigenvalue weighted by Gasteiger charge is -2.15. The summed E-state index contributed by atoms with van der Waals surface area (Å²) in [5.74, 6) is 0. The second-order valence-electron chi connectivity index (χ2n) is 11.3. The highest BCUT2D eigenvalue weighted by molar-refractivity contribution is 6.24. The van der Waals surface area contributed by atoms with Crippen molar-refractivity contribution in [3.63, 3.8) is 0 Å². The zero-order valence-corrected chi connectivity index (χ0v) is 22.1. The fourth-order valence-electron chi connectivity index (χ4n) is 7.11. The summed E-state index contributed by atoms with van der Waals surface area (Å²) in [4.78, 5) is 0. The lowest BCUT2D eigenvalue weighted by molar-refractivity contribution is 1.17. The normalized spacial score (nSPS) is 12.2. The number of hydrogen-bond donors (Lipinski definition) is 0. The number of rotatable bonds is 4. The first-order chi connectivity index (χ1) is 19.8. The first kappa shape index (κ1) is 21.9. The second kappa shape index (κ2) is 8.28. The highest BCUT2D eigenvalue weighted by Crippen LogP contribution is 2.38. The molecule has 0 unspecified atom stereocenters. The van der Waals surface area contributed by atoms with Gasteiger partial charge in [0.15, 0.2) is 0 Å². The Bertz CT molecular complexity index is 2150. The lowest BCUT2D eigenvalue weighted by atomic mass is 9.89. The van der Waals surface area contributed by atoms with Gasteiger partial charge in [0.1, 0.15) is 0 Å². The third kappa shape index (κ3) is 3.20. The smallest absolute Gasteiger partial charge is 0.00196 e. The first-order valence-corrected chi connectivity index (χ1v) is 14.2. The summed E-state index contributed by atoms with van der Waals surface area (Å²) in [6.07, 6.45) is 1.88. The largest absolute Gasteiger partial charge is 0.0610 e. The minimum Gasteiger partial charge on any atom is -0.0610 e. The minimum atomic E-state index is 0.938. The molecule has 0 amide bonds. The molecule has 0 spiro atoms. The summed E-state index contributed by atoms with van der Waals surface area (Å²) in [6.45, 7) is 0. The molecule has 0 aliphatic carbocycles. The van der Waals surface area contributed by atoms with Gasteiger partial charge in [-0.05, 0) is 99.7 Å². The fraction of sp³-hybridized carbons (Fsp3) is 0.0500. The molecule has 40 heavy (non-hydrogen) atoms. The van der Waals surface area contributed by atoms with Gasteiger partial charge in [-0.15, -0.1) is 0 Å². The van der Waals surface area contributed by atoms with Crippen LogP contribution >= 0.6 is 0 Å². The second-order valence-corrected chi connectivity index (χ2v) is 11.3. The number of hydrogen-bond acceptors (Lipinski definition) is 0. The van der Waals surface area contributed by atoms with E-state index in [1.165, 1.54) is 86.9 Å². The Labute approximate surface area is 232 Å². The molecule has 9 rings (SSSR count). The van der Waals surface area contributed by atoms with Gasteiger partial charge in [0, 0.05) is 0 Å². The van der Waals surface area contributed by atoms with Crippen LogP contribution in [0.4, 0.5) is 0 Å². The van der Waals surface area contributed by atoms with E-state index in [1.807, 2.05) is 0 Å². The average molecular weight is 507 g/mol. The quantitative estimate of drug-likeness (QED) is 0.208. The van der Waals surface area contributed by atoms with Gasteiger partial charge in [-0.1, -0.05) is 133 Å². The molecule has 0 fully saturated rings. The third-order valence-electron chi connectivity index (χ3n) is 9.05. The van der Waals surface area contributed by atoms with E-state index in [1.54, 1.807) is 0 Å². The van der Waals surface area contributed by atoms with Gasteiger partial charge in [0.2, 0.25) is 0 Å². The molecule has 9 aromatic carbocycles. The molecule has 0 saturated carbocycles. The molecule has 0 radical (unpaired) electrons. The van der Waals surface area contributed by atoms with Crippen molar-refractivity contribution < 1.29 is 0 Å². The molecule has 0 N–H and O–H groups in total. The standard InChI is InChI=1S/C40H26/c1-3-27-11-13-31-15-17-33(35-21-19-29(5-1)37(27)39(31)35)23-25-7-9-26(10-8-25)24-34-18-16-32-14-12-28-4-2-6-30-20-22-36(34)40(32)38(28)30/h1-22H,23-24H2. The zero-order valence-electron chi connectivity index (χ0n) is 22.1. The maximum Gasteiger partial charge on any atom is -0.00196 e. The summed E-state index contributed by atoms with van der Waals surface area (Å²) in [7, 11) is 0. The Morgan fingerprint density at radius 2 is 0.600 bits per heavy atom. The van der Waals surface area contributed by atoms with Crippen molar-refractivity contribution in [2.75, 3.05) is 0 Å². The Morgan fingerprint density at radius 1 is 0.275 bits per heavy atom. The van der Waals surface area contributed by atoms with Crippen molar-refractivity contribution in [3.05, 3.63) is 156 Å². The molecule has 0 aromatic heterocycles. The summed E-state index contributed by atoms with van der Waals surface area (Å²) in [5.41, 5.74) is 5.50. The van der Waals surface area contributed by atoms with Crippen LogP contribution in [0.5, 0.6) is 0 Å². The molecule has 9 aromatic rings. The highest BCUT2D eigenvalue weighted by Gasteiger charge is 2.13. The highest BCUT2D eigenvalue weighted by atomic mass is 14.2. The van der Waals surface area contributed by atoms with Crippen LogP contribution in [0.2, 0.25) is 0 Å². The SMILES string of the molecule is c1cc2ccc3ccc(Cc4ccc(Cc5ccc6ccc7cccc8ccc5c6c78)cc4)c4ccc(c1)c2c34. The maximum absolute atomic E-state index is 2.32. The van der Waals surface area contributed by atoms with Crippen LogP contribution in [0.3, 0.4) is 0 Å². The molecule has 0 nitrogen and oxygen atoms in total. The summed E-state index contributed by atoms with van der Waals surface area (Å²) in [6, 6.07) is 50.0. The minimum absolute atomic E-state index is 0.938. The van der Waals surface area contributed by atoms with Crippen LogP contribution in [-0.4, -0.2) is 0 Å². The van der Waals surface area contributed by atoms with Crippen molar-refractivity contribution >= 4 is 64.6 Å². The Balaban J connectivity index is 1.07. The number of benzene rings is 9. The van der Waals surface area contributed by atoms with E-state index in [0.29, 0.717) is 0 Å². The predicted molar refractivity (Wildman–Crippen MR) is 172 cm³/mol. The zero-order chi connectivity index (χ0) is 26.2. The Kier molecular flexibility index (Phi) is 4.54. The average Bonchev–Trinajstić information content (AvgIpc) is 3.01. The van der Waals surface area contributed by atoms with E-state index in [9.17, 15) is 0 Å². The fourth-order valence-corrected chi connectivity index (χ4v) is 7.11. The molecule has 0 saturated heterocycles. The van der Waals surface area contributed by atoms with E-state index in [-0.39, 0.29) is 0 Å². The first-order valence-electron chi connectivity index (χ1n) is 14.2. The molecule has 0 aliphatic heterocycles. The van der Waals surface area contributed by atoms with Crippen LogP contribution in [-0.2, 0) is 12.8 Å². The lowest BCUT2D eigenvalue weighted by Crippen LogP contribution is -1.95. The van der Waals surface area contributed by atoms with Crippen molar-refractivity contribution in [2.45, 2.75) is 12.8 Å². The van der Waals surface area contributed by atoms with Crippen LogP contribution in [0.25, 0.3) is 64.6 Å². The third-order valence-corrected chi connectivity index (χ3v) is 9.05. The van der Waals surface area contributed by atoms with E-state index >= 15 is 0 Å². The molecule has 0 heteroatoms. The van der Waals surface area contributed by atoms with Crippen molar-refractivity contribution in [1.29, 1.82) is 0 Å². The topological polar surface area (TPSA) is 0 Å². The molecular weight excluding hydrogens is 480 g/mol. The Morgan fingerprint density at radius 3 is 1.00 bits per heavy atom. The van der Waals surface area contributed by atoms with Crippen LogP contribution < -0.4 is 0 Å². The summed E-state index contributed by atoms with van der Waals surface area (Å²) >= 11 is 0. The monoisotopic (exact) mass is 506 g/mol. The molecule has 0 heterocycles. The summed E-state index contributed by atoms with van der Waals surface area (Å²) in [5, 5.41) is 16.3. The van der Waals surface area contributed by atoms with Crippen LogP contribution in [0.1, 0.15) is 22.3 Å². The van der Waals surface area contributed by atoms with Gasteiger partial charge >= 0.3 is 0 Å². The summed E-state index contributed by atoms with van der Waals surface area (Å²) < 4.78 is 0. The Hall–Kier alpha value is -4.94. The van der Waals surface area contributed by atoms with Crippen LogP contribution in [0, 0.1) is 0 Å². The van der Waals surface area contributed by atoms with Crippen molar-refractivity contribution in [2.24, 2.45) is 0 Å². The molecule has 0 bridgehead atoms. The van der Waals surface area contributed by atoms with Gasteiger partial charge < -0.3 is 0 Å². The molecule has 0 aliphatic rings. The van der Waals surface area contributed by atoms with Crippen molar-refractivity contribution in [3.8, 4) is 0 Å².